The van der Waals surface area contributed by atoms with Gasteiger partial charge in [0.05, 0.1) is 0 Å². The van der Waals surface area contributed by atoms with E-state index in [1.807, 2.05) is 38.4 Å². The lowest BCUT2D eigenvalue weighted by atomic mass is 9.91. The highest BCUT2D eigenvalue weighted by Gasteiger charge is 2.15. The quantitative estimate of drug-likeness (QED) is 0.910. The van der Waals surface area contributed by atoms with Gasteiger partial charge in [-0.25, -0.2) is 0 Å². The van der Waals surface area contributed by atoms with E-state index in [1.54, 1.807) is 24.3 Å². The largest absolute Gasteiger partial charge is 0.508 e. The number of phenolic OH excluding ortho intramolecular Hbond substituents is 2. The van der Waals surface area contributed by atoms with Crippen molar-refractivity contribution in [3.8, 4) is 11.5 Å². The third-order valence-corrected chi connectivity index (χ3v) is 3.14. The number of halogens is 1. The number of phenols is 2. The van der Waals surface area contributed by atoms with E-state index in [9.17, 15) is 10.2 Å². The van der Waals surface area contributed by atoms with E-state index in [0.717, 1.165) is 17.7 Å². The van der Waals surface area contributed by atoms with Crippen molar-refractivity contribution in [2.75, 3.05) is 20.6 Å². The molecular formula is C16H20ClNO2. The Morgan fingerprint density at radius 3 is 1.45 bits per heavy atom. The van der Waals surface area contributed by atoms with Gasteiger partial charge in [-0.3, -0.25) is 0 Å². The molecule has 0 fully saturated rings. The van der Waals surface area contributed by atoms with E-state index in [1.165, 1.54) is 0 Å². The van der Waals surface area contributed by atoms with Crippen molar-refractivity contribution >= 4 is 12.4 Å². The molecule has 0 unspecified atom stereocenters. The summed E-state index contributed by atoms with van der Waals surface area (Å²) >= 11 is 0. The third-order valence-electron chi connectivity index (χ3n) is 3.14. The average molecular weight is 294 g/mol. The summed E-state index contributed by atoms with van der Waals surface area (Å²) in [6, 6.07) is 14.6. The van der Waals surface area contributed by atoms with Crippen LogP contribution in [0.1, 0.15) is 17.0 Å². The number of hydrogen-bond donors (Lipinski definition) is 2. The fourth-order valence-electron chi connectivity index (χ4n) is 2.18. The fraction of sp³-hybridized carbons (Fsp3) is 0.250. The monoisotopic (exact) mass is 293 g/mol. The van der Waals surface area contributed by atoms with Gasteiger partial charge in [-0.2, -0.15) is 0 Å². The van der Waals surface area contributed by atoms with Crippen molar-refractivity contribution in [2.45, 2.75) is 5.92 Å². The van der Waals surface area contributed by atoms with Gasteiger partial charge >= 0.3 is 0 Å². The van der Waals surface area contributed by atoms with Gasteiger partial charge in [0, 0.05) is 12.5 Å². The molecule has 0 saturated heterocycles. The van der Waals surface area contributed by atoms with Crippen LogP contribution in [0.5, 0.6) is 11.5 Å². The van der Waals surface area contributed by atoms with E-state index in [4.69, 9.17) is 0 Å². The van der Waals surface area contributed by atoms with Gasteiger partial charge in [0.1, 0.15) is 11.5 Å². The van der Waals surface area contributed by atoms with Crippen LogP contribution in [0.25, 0.3) is 0 Å². The molecule has 3 nitrogen and oxygen atoms in total. The van der Waals surface area contributed by atoms with Gasteiger partial charge in [0.2, 0.25) is 0 Å². The highest BCUT2D eigenvalue weighted by atomic mass is 35.5. The van der Waals surface area contributed by atoms with Crippen LogP contribution in [0.15, 0.2) is 48.5 Å². The van der Waals surface area contributed by atoms with Crippen LogP contribution in [-0.4, -0.2) is 35.8 Å². The van der Waals surface area contributed by atoms with Crippen molar-refractivity contribution < 1.29 is 10.2 Å². The van der Waals surface area contributed by atoms with Gasteiger partial charge in [-0.15, -0.1) is 12.4 Å². The second-order valence-corrected chi connectivity index (χ2v) is 5.00. The fourth-order valence-corrected chi connectivity index (χ4v) is 2.18. The smallest absolute Gasteiger partial charge is 0.115 e. The van der Waals surface area contributed by atoms with Crippen LogP contribution in [0.3, 0.4) is 0 Å². The van der Waals surface area contributed by atoms with Gasteiger partial charge in [0.25, 0.3) is 0 Å². The van der Waals surface area contributed by atoms with Crippen molar-refractivity contribution in [1.29, 1.82) is 0 Å². The summed E-state index contributed by atoms with van der Waals surface area (Å²) in [5.41, 5.74) is 2.30. The molecule has 0 amide bonds. The minimum absolute atomic E-state index is 0. The molecule has 0 radical (unpaired) electrons. The van der Waals surface area contributed by atoms with E-state index in [2.05, 4.69) is 4.90 Å². The predicted molar refractivity (Wildman–Crippen MR) is 83.9 cm³/mol. The molecule has 0 heterocycles. The lowest BCUT2D eigenvalue weighted by molar-refractivity contribution is 0.391. The van der Waals surface area contributed by atoms with E-state index in [0.29, 0.717) is 0 Å². The second kappa shape index (κ2) is 7.17. The zero-order chi connectivity index (χ0) is 13.8. The molecule has 108 valence electrons. The zero-order valence-electron chi connectivity index (χ0n) is 11.7. The third kappa shape index (κ3) is 4.15. The molecule has 0 aliphatic carbocycles. The molecule has 0 saturated carbocycles. The van der Waals surface area contributed by atoms with Crippen LogP contribution in [0.4, 0.5) is 0 Å². The zero-order valence-corrected chi connectivity index (χ0v) is 12.5. The van der Waals surface area contributed by atoms with Crippen LogP contribution in [-0.2, 0) is 0 Å². The van der Waals surface area contributed by atoms with Crippen molar-refractivity contribution in [3.05, 3.63) is 59.7 Å². The van der Waals surface area contributed by atoms with E-state index in [-0.39, 0.29) is 29.8 Å². The second-order valence-electron chi connectivity index (χ2n) is 5.00. The summed E-state index contributed by atoms with van der Waals surface area (Å²) in [5, 5.41) is 18.8. The van der Waals surface area contributed by atoms with E-state index >= 15 is 0 Å². The van der Waals surface area contributed by atoms with Gasteiger partial charge < -0.3 is 15.1 Å². The first kappa shape index (κ1) is 16.3. The average Bonchev–Trinajstić information content (AvgIpc) is 2.38. The molecule has 0 aromatic heterocycles. The first-order chi connectivity index (χ1) is 9.06. The summed E-state index contributed by atoms with van der Waals surface area (Å²) in [6.07, 6.45) is 0. The number of nitrogens with zero attached hydrogens (tertiary/aromatic N) is 1. The topological polar surface area (TPSA) is 43.7 Å². The summed E-state index contributed by atoms with van der Waals surface area (Å²) in [7, 11) is 4.07. The van der Waals surface area contributed by atoms with Gasteiger partial charge in [-0.05, 0) is 49.5 Å². The number of hydrogen-bond acceptors (Lipinski definition) is 3. The van der Waals surface area contributed by atoms with Gasteiger partial charge in [0.15, 0.2) is 0 Å². The Morgan fingerprint density at radius 2 is 1.15 bits per heavy atom. The molecule has 0 aliphatic heterocycles. The molecule has 4 heteroatoms. The molecule has 0 atom stereocenters. The van der Waals surface area contributed by atoms with Crippen molar-refractivity contribution in [2.24, 2.45) is 0 Å². The molecular weight excluding hydrogens is 274 g/mol. The minimum Gasteiger partial charge on any atom is -0.508 e. The predicted octanol–water partition coefficient (Wildman–Crippen LogP) is 3.21. The highest BCUT2D eigenvalue weighted by molar-refractivity contribution is 5.85. The van der Waals surface area contributed by atoms with Crippen molar-refractivity contribution in [3.63, 3.8) is 0 Å². The maximum atomic E-state index is 9.38. The first-order valence-electron chi connectivity index (χ1n) is 6.29. The first-order valence-corrected chi connectivity index (χ1v) is 6.29. The molecule has 20 heavy (non-hydrogen) atoms. The van der Waals surface area contributed by atoms with Crippen LogP contribution in [0.2, 0.25) is 0 Å². The molecule has 0 spiro atoms. The molecule has 2 aromatic rings. The highest BCUT2D eigenvalue weighted by Crippen LogP contribution is 2.27. The number of aromatic hydroxyl groups is 2. The summed E-state index contributed by atoms with van der Waals surface area (Å²) < 4.78 is 0. The summed E-state index contributed by atoms with van der Waals surface area (Å²) in [5.74, 6) is 0.771. The van der Waals surface area contributed by atoms with Crippen LogP contribution >= 0.6 is 12.4 Å². The Bertz CT molecular complexity index is 478. The standard InChI is InChI=1S/C16H19NO2.ClH/c1-17(2)11-16(12-3-7-14(18)8-4-12)13-5-9-15(19)10-6-13;/h3-10,16,18-19H,11H2,1-2H3;1H. The lowest BCUT2D eigenvalue weighted by Crippen LogP contribution is -2.21. The van der Waals surface area contributed by atoms with E-state index < -0.39 is 0 Å². The Morgan fingerprint density at radius 1 is 0.800 bits per heavy atom. The van der Waals surface area contributed by atoms with Crippen LogP contribution < -0.4 is 0 Å². The SMILES string of the molecule is CN(C)CC(c1ccc(O)cc1)c1ccc(O)cc1.Cl. The molecule has 2 rings (SSSR count). The normalized spacial score (nSPS) is 10.6. The maximum absolute atomic E-state index is 9.38. The Kier molecular flexibility index (Phi) is 5.86. The lowest BCUT2D eigenvalue weighted by Gasteiger charge is -2.22. The Balaban J connectivity index is 0.00000200. The van der Waals surface area contributed by atoms with Gasteiger partial charge in [-0.1, -0.05) is 24.3 Å². The van der Waals surface area contributed by atoms with Crippen LogP contribution in [0, 0.1) is 0 Å². The Hall–Kier alpha value is -1.71. The maximum Gasteiger partial charge on any atom is 0.115 e. The molecule has 2 aromatic carbocycles. The molecule has 0 aliphatic rings. The summed E-state index contributed by atoms with van der Waals surface area (Å²) in [4.78, 5) is 2.13. The molecule has 2 N–H and O–H groups in total. The number of benzene rings is 2. The summed E-state index contributed by atoms with van der Waals surface area (Å²) in [6.45, 7) is 0.871. The number of likely N-dealkylation sites (N-methyl/N-ethyl adjacent to an activating group) is 1. The Labute approximate surface area is 125 Å². The van der Waals surface area contributed by atoms with Crippen molar-refractivity contribution in [1.82, 2.24) is 4.90 Å². The molecule has 0 bridgehead atoms. The number of rotatable bonds is 4. The minimum atomic E-state index is 0.